The van der Waals surface area contributed by atoms with Crippen molar-refractivity contribution in [3.8, 4) is 0 Å². The first-order valence-electron chi connectivity index (χ1n) is 10.9. The standard InChI is InChI=1S/C23H35N7O.HI/c1-18-8-11-29(16-21(18)30-13-9-25-17-30)23(24-2)27-15-19-6-5-7-20(14-19)22(31)26-10-12-28(3)4;/h5-7,9,13-14,17-18,21H,8,10-12,15-16H2,1-4H3,(H,24,27)(H,26,31);1H. The van der Waals surface area contributed by atoms with Crippen molar-refractivity contribution in [3.05, 3.63) is 54.1 Å². The first kappa shape index (κ1) is 26.1. The van der Waals surface area contributed by atoms with Crippen LogP contribution in [-0.2, 0) is 6.54 Å². The molecule has 2 aromatic rings. The quantitative estimate of drug-likeness (QED) is 0.313. The molecular weight excluding hydrogens is 517 g/mol. The van der Waals surface area contributed by atoms with E-state index in [-0.39, 0.29) is 29.9 Å². The SMILES string of the molecule is CN=C(NCc1cccc(C(=O)NCCN(C)C)c1)N1CCC(C)C(n2ccnc2)C1.I. The van der Waals surface area contributed by atoms with Gasteiger partial charge in [-0.15, -0.1) is 24.0 Å². The third kappa shape index (κ3) is 7.19. The van der Waals surface area contributed by atoms with Crippen LogP contribution in [0.15, 0.2) is 48.0 Å². The second-order valence-electron chi connectivity index (χ2n) is 8.45. The fourth-order valence-corrected chi connectivity index (χ4v) is 3.93. The van der Waals surface area contributed by atoms with Gasteiger partial charge in [0.25, 0.3) is 5.91 Å². The van der Waals surface area contributed by atoms with Gasteiger partial charge >= 0.3 is 0 Å². The van der Waals surface area contributed by atoms with E-state index in [1.807, 2.05) is 69.0 Å². The van der Waals surface area contributed by atoms with Gasteiger partial charge in [0, 0.05) is 57.7 Å². The molecule has 2 heterocycles. The second kappa shape index (κ2) is 12.8. The third-order valence-corrected chi connectivity index (χ3v) is 5.82. The summed E-state index contributed by atoms with van der Waals surface area (Å²) in [5.74, 6) is 1.44. The highest BCUT2D eigenvalue weighted by Gasteiger charge is 2.28. The summed E-state index contributed by atoms with van der Waals surface area (Å²) in [5, 5.41) is 6.44. The molecule has 0 aliphatic carbocycles. The van der Waals surface area contributed by atoms with Crippen molar-refractivity contribution >= 4 is 35.8 Å². The Kier molecular flexibility index (Phi) is 10.4. The smallest absolute Gasteiger partial charge is 0.251 e. The van der Waals surface area contributed by atoms with E-state index in [4.69, 9.17) is 0 Å². The minimum absolute atomic E-state index is 0. The largest absolute Gasteiger partial charge is 0.352 e. The molecule has 2 N–H and O–H groups in total. The summed E-state index contributed by atoms with van der Waals surface area (Å²) in [6.07, 6.45) is 6.88. The molecule has 0 saturated carbocycles. The molecule has 1 aromatic heterocycles. The highest BCUT2D eigenvalue weighted by Crippen LogP contribution is 2.27. The molecule has 32 heavy (non-hydrogen) atoms. The number of hydrogen-bond acceptors (Lipinski definition) is 4. The molecule has 2 atom stereocenters. The van der Waals surface area contributed by atoms with E-state index in [1.165, 1.54) is 0 Å². The lowest BCUT2D eigenvalue weighted by molar-refractivity contribution is 0.0951. The number of likely N-dealkylation sites (tertiary alicyclic amines) is 1. The molecule has 1 aliphatic rings. The van der Waals surface area contributed by atoms with Crippen molar-refractivity contribution in [1.82, 2.24) is 30.0 Å². The van der Waals surface area contributed by atoms with Gasteiger partial charge in [-0.3, -0.25) is 9.79 Å². The van der Waals surface area contributed by atoms with E-state index in [0.29, 0.717) is 30.6 Å². The number of guanidine groups is 1. The van der Waals surface area contributed by atoms with Gasteiger partial charge in [0.2, 0.25) is 0 Å². The number of rotatable bonds is 7. The van der Waals surface area contributed by atoms with Crippen molar-refractivity contribution in [3.63, 3.8) is 0 Å². The van der Waals surface area contributed by atoms with Gasteiger partial charge in [0.1, 0.15) is 0 Å². The van der Waals surface area contributed by atoms with E-state index in [0.717, 1.165) is 37.6 Å². The highest BCUT2D eigenvalue weighted by molar-refractivity contribution is 14.0. The number of hydrogen-bond donors (Lipinski definition) is 2. The lowest BCUT2D eigenvalue weighted by atomic mass is 9.93. The van der Waals surface area contributed by atoms with Crippen LogP contribution < -0.4 is 10.6 Å². The van der Waals surface area contributed by atoms with Crippen molar-refractivity contribution in [2.75, 3.05) is 47.3 Å². The number of amides is 1. The molecule has 3 rings (SSSR count). The molecule has 1 aliphatic heterocycles. The summed E-state index contributed by atoms with van der Waals surface area (Å²) in [6, 6.07) is 8.13. The van der Waals surface area contributed by atoms with Crippen LogP contribution in [0.1, 0.15) is 35.3 Å². The maximum absolute atomic E-state index is 12.4. The number of carbonyl (C=O) groups is 1. The van der Waals surface area contributed by atoms with Crippen LogP contribution in [0.25, 0.3) is 0 Å². The maximum Gasteiger partial charge on any atom is 0.251 e. The number of aromatic nitrogens is 2. The van der Waals surface area contributed by atoms with Crippen LogP contribution in [0.2, 0.25) is 0 Å². The molecule has 9 heteroatoms. The van der Waals surface area contributed by atoms with E-state index in [1.54, 1.807) is 0 Å². The fraction of sp³-hybridized carbons (Fsp3) is 0.522. The Hall–Kier alpha value is -2.14. The van der Waals surface area contributed by atoms with Gasteiger partial charge in [-0.25, -0.2) is 4.98 Å². The van der Waals surface area contributed by atoms with Crippen molar-refractivity contribution in [1.29, 1.82) is 0 Å². The molecular formula is C23H36IN7O. The van der Waals surface area contributed by atoms with Gasteiger partial charge in [-0.2, -0.15) is 0 Å². The van der Waals surface area contributed by atoms with Crippen LogP contribution in [0, 0.1) is 5.92 Å². The van der Waals surface area contributed by atoms with E-state index < -0.39 is 0 Å². The third-order valence-electron chi connectivity index (χ3n) is 5.82. The van der Waals surface area contributed by atoms with E-state index in [9.17, 15) is 4.79 Å². The van der Waals surface area contributed by atoms with Crippen LogP contribution in [0.5, 0.6) is 0 Å². The average molecular weight is 553 g/mol. The molecule has 0 bridgehead atoms. The number of aliphatic imine (C=N–C) groups is 1. The van der Waals surface area contributed by atoms with E-state index in [2.05, 4.69) is 37.0 Å². The summed E-state index contributed by atoms with van der Waals surface area (Å²) >= 11 is 0. The second-order valence-corrected chi connectivity index (χ2v) is 8.45. The Morgan fingerprint density at radius 3 is 2.81 bits per heavy atom. The number of benzene rings is 1. The minimum atomic E-state index is -0.0405. The Labute approximate surface area is 208 Å². The molecule has 1 fully saturated rings. The summed E-state index contributed by atoms with van der Waals surface area (Å²) in [7, 11) is 5.80. The zero-order valence-corrected chi connectivity index (χ0v) is 21.8. The van der Waals surface area contributed by atoms with Crippen molar-refractivity contribution in [2.45, 2.75) is 25.9 Å². The topological polar surface area (TPSA) is 77.8 Å². The van der Waals surface area contributed by atoms with Crippen LogP contribution in [0.3, 0.4) is 0 Å². The summed E-state index contributed by atoms with van der Waals surface area (Å²) in [6.45, 7) is 6.23. The minimum Gasteiger partial charge on any atom is -0.352 e. The molecule has 0 spiro atoms. The first-order chi connectivity index (χ1) is 15.0. The predicted molar refractivity (Wildman–Crippen MR) is 140 cm³/mol. The number of carbonyl (C=O) groups excluding carboxylic acids is 1. The Morgan fingerprint density at radius 2 is 2.12 bits per heavy atom. The predicted octanol–water partition coefficient (Wildman–Crippen LogP) is 2.45. The lowest BCUT2D eigenvalue weighted by Gasteiger charge is -2.39. The van der Waals surface area contributed by atoms with Gasteiger partial charge in [-0.05, 0) is 44.1 Å². The average Bonchev–Trinajstić information content (AvgIpc) is 3.29. The molecule has 1 amide bonds. The summed E-state index contributed by atoms with van der Waals surface area (Å²) in [5.41, 5.74) is 1.73. The van der Waals surface area contributed by atoms with Gasteiger partial charge < -0.3 is 25.0 Å². The van der Waals surface area contributed by atoms with Crippen LogP contribution in [-0.4, -0.2) is 78.5 Å². The highest BCUT2D eigenvalue weighted by atomic mass is 127. The summed E-state index contributed by atoms with van der Waals surface area (Å²) in [4.78, 5) is 25.5. The monoisotopic (exact) mass is 553 g/mol. The van der Waals surface area contributed by atoms with Gasteiger partial charge in [0.05, 0.1) is 12.4 Å². The molecule has 1 aromatic carbocycles. The maximum atomic E-state index is 12.4. The number of likely N-dealkylation sites (N-methyl/N-ethyl adjacent to an activating group) is 1. The zero-order valence-electron chi connectivity index (χ0n) is 19.5. The normalized spacial score (nSPS) is 18.9. The van der Waals surface area contributed by atoms with E-state index >= 15 is 0 Å². The fourth-order valence-electron chi connectivity index (χ4n) is 3.93. The Morgan fingerprint density at radius 1 is 1.31 bits per heavy atom. The lowest BCUT2D eigenvalue weighted by Crippen LogP contribution is -2.48. The van der Waals surface area contributed by atoms with Crippen LogP contribution >= 0.6 is 24.0 Å². The number of nitrogens with one attached hydrogen (secondary N) is 2. The first-order valence-corrected chi connectivity index (χ1v) is 10.9. The number of nitrogens with zero attached hydrogens (tertiary/aromatic N) is 5. The van der Waals surface area contributed by atoms with Crippen molar-refractivity contribution < 1.29 is 4.79 Å². The van der Waals surface area contributed by atoms with Crippen LogP contribution in [0.4, 0.5) is 0 Å². The van der Waals surface area contributed by atoms with Gasteiger partial charge in [0.15, 0.2) is 5.96 Å². The molecule has 0 radical (unpaired) electrons. The van der Waals surface area contributed by atoms with Crippen molar-refractivity contribution in [2.24, 2.45) is 10.9 Å². The number of imidazole rings is 1. The molecule has 176 valence electrons. The Balaban J connectivity index is 0.00000363. The number of piperidine rings is 1. The Bertz CT molecular complexity index is 869. The number of halogens is 1. The molecule has 8 nitrogen and oxygen atoms in total. The zero-order chi connectivity index (χ0) is 22.2. The molecule has 1 saturated heterocycles. The van der Waals surface area contributed by atoms with Gasteiger partial charge in [-0.1, -0.05) is 19.1 Å². The summed E-state index contributed by atoms with van der Waals surface area (Å²) < 4.78 is 2.20. The molecule has 2 unspecified atom stereocenters.